The topological polar surface area (TPSA) is 56.1 Å². The SMILES string of the molecule is CC(c1ccccc1)n1cc(F)c2ccc(Br)cc2c1=O.O=C=O. The summed E-state index contributed by atoms with van der Waals surface area (Å²) in [6.45, 7) is 1.89. The van der Waals surface area contributed by atoms with E-state index < -0.39 is 0 Å². The number of hydrogen-bond acceptors (Lipinski definition) is 3. The van der Waals surface area contributed by atoms with Crippen LogP contribution in [0.4, 0.5) is 4.39 Å². The van der Waals surface area contributed by atoms with Gasteiger partial charge in [-0.25, -0.2) is 4.39 Å². The van der Waals surface area contributed by atoms with E-state index in [0.29, 0.717) is 10.8 Å². The first kappa shape index (κ1) is 17.8. The van der Waals surface area contributed by atoms with Crippen molar-refractivity contribution in [2.24, 2.45) is 0 Å². The van der Waals surface area contributed by atoms with Gasteiger partial charge in [0, 0.05) is 16.1 Å². The van der Waals surface area contributed by atoms with Crippen LogP contribution in [0.5, 0.6) is 0 Å². The van der Waals surface area contributed by atoms with E-state index in [1.54, 1.807) is 18.2 Å². The van der Waals surface area contributed by atoms with Crippen LogP contribution in [0.15, 0.2) is 64.0 Å². The molecule has 0 amide bonds. The first-order valence-electron chi connectivity index (χ1n) is 7.03. The Morgan fingerprint density at radius 3 is 2.33 bits per heavy atom. The molecule has 2 aromatic carbocycles. The number of hydrogen-bond donors (Lipinski definition) is 0. The molecule has 6 heteroatoms. The molecule has 1 aromatic heterocycles. The van der Waals surface area contributed by atoms with Crippen LogP contribution in [0.3, 0.4) is 0 Å². The fraction of sp³-hybridized carbons (Fsp3) is 0.111. The van der Waals surface area contributed by atoms with Crippen LogP contribution in [0.25, 0.3) is 10.8 Å². The highest BCUT2D eigenvalue weighted by molar-refractivity contribution is 9.10. The molecular weight excluding hydrogens is 377 g/mol. The molecule has 122 valence electrons. The molecule has 0 aliphatic heterocycles. The Balaban J connectivity index is 0.000000647. The molecule has 1 unspecified atom stereocenters. The van der Waals surface area contributed by atoms with Gasteiger partial charge in [-0.15, -0.1) is 0 Å². The molecule has 0 spiro atoms. The minimum atomic E-state index is -0.389. The van der Waals surface area contributed by atoms with E-state index in [9.17, 15) is 9.18 Å². The Kier molecular flexibility index (Phi) is 5.79. The zero-order chi connectivity index (χ0) is 17.7. The third-order valence-corrected chi connectivity index (χ3v) is 4.15. The fourth-order valence-electron chi connectivity index (χ4n) is 2.47. The first-order valence-corrected chi connectivity index (χ1v) is 7.83. The second-order valence-electron chi connectivity index (χ2n) is 5.05. The van der Waals surface area contributed by atoms with Crippen molar-refractivity contribution in [2.45, 2.75) is 13.0 Å². The minimum Gasteiger partial charge on any atom is -0.305 e. The maximum atomic E-state index is 14.3. The first-order chi connectivity index (χ1) is 11.5. The molecule has 0 fully saturated rings. The van der Waals surface area contributed by atoms with E-state index in [4.69, 9.17) is 9.59 Å². The fourth-order valence-corrected chi connectivity index (χ4v) is 2.83. The second kappa shape index (κ2) is 7.81. The van der Waals surface area contributed by atoms with Gasteiger partial charge in [-0.2, -0.15) is 9.59 Å². The van der Waals surface area contributed by atoms with Crippen LogP contribution in [0, 0.1) is 5.82 Å². The van der Waals surface area contributed by atoms with Crippen molar-refractivity contribution in [3.05, 3.63) is 80.9 Å². The number of aromatic nitrogens is 1. The van der Waals surface area contributed by atoms with E-state index in [1.807, 2.05) is 37.3 Å². The zero-order valence-electron chi connectivity index (χ0n) is 12.7. The number of carbonyl (C=O) groups excluding carboxylic acids is 2. The number of benzene rings is 2. The molecule has 0 saturated heterocycles. The Hall–Kier alpha value is -2.56. The number of nitrogens with zero attached hydrogens (tertiary/aromatic N) is 1. The number of pyridine rings is 1. The summed E-state index contributed by atoms with van der Waals surface area (Å²) in [7, 11) is 0. The van der Waals surface area contributed by atoms with E-state index in [2.05, 4.69) is 15.9 Å². The molecule has 0 bridgehead atoms. The summed E-state index contributed by atoms with van der Waals surface area (Å²) < 4.78 is 16.5. The summed E-state index contributed by atoms with van der Waals surface area (Å²) in [6, 6.07) is 14.4. The van der Waals surface area contributed by atoms with Gasteiger partial charge >= 0.3 is 6.15 Å². The molecule has 0 aliphatic carbocycles. The van der Waals surface area contributed by atoms with Gasteiger partial charge in [0.1, 0.15) is 5.82 Å². The Morgan fingerprint density at radius 1 is 1.08 bits per heavy atom. The van der Waals surface area contributed by atoms with Gasteiger partial charge in [0.2, 0.25) is 0 Å². The summed E-state index contributed by atoms with van der Waals surface area (Å²) in [5.41, 5.74) is 0.775. The molecule has 3 aromatic rings. The average Bonchev–Trinajstić information content (AvgIpc) is 2.59. The van der Waals surface area contributed by atoms with Gasteiger partial charge in [-0.05, 0) is 24.6 Å². The summed E-state index contributed by atoms with van der Waals surface area (Å²) in [6.07, 6.45) is 1.54. The monoisotopic (exact) mass is 389 g/mol. The molecule has 1 heterocycles. The highest BCUT2D eigenvalue weighted by atomic mass is 79.9. The number of fused-ring (bicyclic) bond motifs is 1. The smallest absolute Gasteiger partial charge is 0.305 e. The summed E-state index contributed by atoms with van der Waals surface area (Å²) in [4.78, 5) is 28.9. The quantitative estimate of drug-likeness (QED) is 0.667. The molecule has 3 rings (SSSR count). The lowest BCUT2D eigenvalue weighted by atomic mass is 10.1. The molecule has 1 atom stereocenters. The van der Waals surface area contributed by atoms with Crippen LogP contribution in [0.2, 0.25) is 0 Å². The molecular formula is C18H13BrFNO3. The van der Waals surface area contributed by atoms with Gasteiger partial charge in [0.05, 0.1) is 11.4 Å². The molecule has 24 heavy (non-hydrogen) atoms. The van der Waals surface area contributed by atoms with Crippen molar-refractivity contribution < 1.29 is 14.0 Å². The standard InChI is InChI=1S/C17H13BrFNO.CO2/c1-11(12-5-3-2-4-6-12)20-10-16(19)14-8-7-13(18)9-15(14)17(20)21;2-1-3/h2-11H,1H3;. The number of rotatable bonds is 2. The van der Waals surface area contributed by atoms with Crippen LogP contribution < -0.4 is 5.56 Å². The largest absolute Gasteiger partial charge is 0.373 e. The maximum Gasteiger partial charge on any atom is 0.373 e. The van der Waals surface area contributed by atoms with Crippen molar-refractivity contribution in [1.29, 1.82) is 0 Å². The third-order valence-electron chi connectivity index (χ3n) is 3.66. The maximum absolute atomic E-state index is 14.3. The predicted molar refractivity (Wildman–Crippen MR) is 91.1 cm³/mol. The average molecular weight is 390 g/mol. The highest BCUT2D eigenvalue weighted by Gasteiger charge is 2.14. The summed E-state index contributed by atoms with van der Waals surface area (Å²) in [5, 5.41) is 0.729. The zero-order valence-corrected chi connectivity index (χ0v) is 14.3. The molecule has 0 aliphatic rings. The minimum absolute atomic E-state index is 0.191. The van der Waals surface area contributed by atoms with E-state index in [-0.39, 0.29) is 23.6 Å². The highest BCUT2D eigenvalue weighted by Crippen LogP contribution is 2.22. The molecule has 0 radical (unpaired) electrons. The van der Waals surface area contributed by atoms with Crippen LogP contribution in [-0.2, 0) is 9.59 Å². The number of halogens is 2. The van der Waals surface area contributed by atoms with Crippen molar-refractivity contribution in [3.63, 3.8) is 0 Å². The summed E-state index contributed by atoms with van der Waals surface area (Å²) in [5.74, 6) is -0.389. The Labute approximate surface area is 145 Å². The lowest BCUT2D eigenvalue weighted by Gasteiger charge is -2.16. The van der Waals surface area contributed by atoms with Crippen molar-refractivity contribution in [2.75, 3.05) is 0 Å². The van der Waals surface area contributed by atoms with E-state index in [0.717, 1.165) is 10.0 Å². The second-order valence-corrected chi connectivity index (χ2v) is 5.97. The third kappa shape index (κ3) is 3.67. The lowest BCUT2D eigenvalue weighted by Crippen LogP contribution is -2.24. The van der Waals surface area contributed by atoms with E-state index >= 15 is 0 Å². The molecule has 0 N–H and O–H groups in total. The van der Waals surface area contributed by atoms with Gasteiger partial charge in [0.15, 0.2) is 0 Å². The normalized spacial score (nSPS) is 11.3. The van der Waals surface area contributed by atoms with Gasteiger partial charge < -0.3 is 4.57 Å². The molecule has 0 saturated carbocycles. The van der Waals surface area contributed by atoms with Gasteiger partial charge in [-0.3, -0.25) is 4.79 Å². The van der Waals surface area contributed by atoms with Crippen LogP contribution in [0.1, 0.15) is 18.5 Å². The van der Waals surface area contributed by atoms with Gasteiger partial charge in [0.25, 0.3) is 5.56 Å². The van der Waals surface area contributed by atoms with Crippen molar-refractivity contribution in [3.8, 4) is 0 Å². The summed E-state index contributed by atoms with van der Waals surface area (Å²) >= 11 is 3.33. The Bertz CT molecular complexity index is 948. The van der Waals surface area contributed by atoms with Crippen molar-refractivity contribution >= 4 is 32.9 Å². The van der Waals surface area contributed by atoms with E-state index in [1.165, 1.54) is 10.8 Å². The molecule has 4 nitrogen and oxygen atoms in total. The van der Waals surface area contributed by atoms with Gasteiger partial charge in [-0.1, -0.05) is 52.3 Å². The van der Waals surface area contributed by atoms with Crippen LogP contribution in [-0.4, -0.2) is 10.7 Å². The lowest BCUT2D eigenvalue weighted by molar-refractivity contribution is -0.191. The van der Waals surface area contributed by atoms with Crippen LogP contribution >= 0.6 is 15.9 Å². The Morgan fingerprint density at radius 2 is 1.71 bits per heavy atom. The predicted octanol–water partition coefficient (Wildman–Crippen LogP) is 3.93. The van der Waals surface area contributed by atoms with Crippen molar-refractivity contribution in [1.82, 2.24) is 4.57 Å².